The first-order valence-electron chi connectivity index (χ1n) is 10.3. The Morgan fingerprint density at radius 1 is 1.10 bits per heavy atom. The van der Waals surface area contributed by atoms with Gasteiger partial charge in [0.1, 0.15) is 18.8 Å². The molecule has 2 aromatic rings. The van der Waals surface area contributed by atoms with E-state index < -0.39 is 42.8 Å². The molecule has 2 N–H and O–H groups in total. The number of ketones is 1. The summed E-state index contributed by atoms with van der Waals surface area (Å²) >= 11 is 0. The second-order valence-electron chi connectivity index (χ2n) is 7.67. The first-order valence-corrected chi connectivity index (χ1v) is 10.3. The van der Waals surface area contributed by atoms with Crippen molar-refractivity contribution >= 4 is 34.3 Å². The summed E-state index contributed by atoms with van der Waals surface area (Å²) in [4.78, 5) is 50.1. The molecule has 1 aliphatic rings. The minimum Gasteiger partial charge on any atom is -0.481 e. The van der Waals surface area contributed by atoms with E-state index in [0.29, 0.717) is 13.0 Å². The van der Waals surface area contributed by atoms with Gasteiger partial charge in [-0.25, -0.2) is 4.39 Å². The Hall–Kier alpha value is -3.29. The first-order chi connectivity index (χ1) is 14.9. The lowest BCUT2D eigenvalue weighted by atomic mass is 9.97. The van der Waals surface area contributed by atoms with Gasteiger partial charge in [-0.2, -0.15) is 0 Å². The smallest absolute Gasteiger partial charge is 0.305 e. The molecule has 2 atom stereocenters. The maximum absolute atomic E-state index is 13.1. The predicted octanol–water partition coefficient (Wildman–Crippen LogP) is 2.26. The number of likely N-dealkylation sites (tertiary alicyclic amines) is 1. The lowest BCUT2D eigenvalue weighted by Gasteiger charge is -2.35. The number of carbonyl (C=O) groups excluding carboxylic acids is 3. The van der Waals surface area contributed by atoms with Crippen LogP contribution in [0.4, 0.5) is 4.39 Å². The Bertz CT molecular complexity index is 988. The number of fused-ring (bicyclic) bond motifs is 1. The summed E-state index contributed by atoms with van der Waals surface area (Å²) in [5, 5.41) is 13.3. The van der Waals surface area contributed by atoms with E-state index in [4.69, 9.17) is 5.11 Å². The Balaban J connectivity index is 1.76. The molecule has 164 valence electrons. The zero-order valence-electron chi connectivity index (χ0n) is 17.1. The van der Waals surface area contributed by atoms with Gasteiger partial charge in [-0.15, -0.1) is 0 Å². The normalized spacial score (nSPS) is 17.2. The molecule has 3 rings (SSSR count). The molecule has 8 heteroatoms. The van der Waals surface area contributed by atoms with Crippen molar-refractivity contribution in [3.05, 3.63) is 48.0 Å². The number of halogens is 1. The van der Waals surface area contributed by atoms with Gasteiger partial charge in [0, 0.05) is 6.54 Å². The summed E-state index contributed by atoms with van der Waals surface area (Å²) in [6.07, 6.45) is 1.28. The van der Waals surface area contributed by atoms with E-state index in [9.17, 15) is 23.6 Å². The van der Waals surface area contributed by atoms with Gasteiger partial charge in [0.05, 0.1) is 12.8 Å². The van der Waals surface area contributed by atoms with E-state index in [0.717, 1.165) is 29.2 Å². The van der Waals surface area contributed by atoms with Gasteiger partial charge in [-0.05, 0) is 35.6 Å². The lowest BCUT2D eigenvalue weighted by molar-refractivity contribution is -0.144. The summed E-state index contributed by atoms with van der Waals surface area (Å²) in [5.41, 5.74) is 0.851. The molecule has 2 aromatic carbocycles. The molecule has 0 saturated carbocycles. The zero-order chi connectivity index (χ0) is 22.4. The van der Waals surface area contributed by atoms with Crippen molar-refractivity contribution in [3.8, 4) is 0 Å². The van der Waals surface area contributed by atoms with E-state index in [-0.39, 0.29) is 12.3 Å². The highest BCUT2D eigenvalue weighted by molar-refractivity contribution is 5.96. The average Bonchev–Trinajstić information content (AvgIpc) is 2.78. The Morgan fingerprint density at radius 3 is 2.58 bits per heavy atom. The van der Waals surface area contributed by atoms with E-state index in [1.54, 1.807) is 0 Å². The second kappa shape index (κ2) is 10.1. The number of piperidine rings is 1. The Labute approximate surface area is 179 Å². The van der Waals surface area contributed by atoms with Gasteiger partial charge < -0.3 is 15.3 Å². The molecule has 0 aliphatic carbocycles. The molecule has 1 heterocycles. The number of benzene rings is 2. The number of amides is 2. The van der Waals surface area contributed by atoms with Crippen LogP contribution in [0, 0.1) is 0 Å². The van der Waals surface area contributed by atoms with Crippen LogP contribution in [0.3, 0.4) is 0 Å². The van der Waals surface area contributed by atoms with E-state index in [2.05, 4.69) is 5.32 Å². The quantitative estimate of drug-likeness (QED) is 0.671. The Morgan fingerprint density at radius 2 is 1.84 bits per heavy atom. The number of hydrogen-bond donors (Lipinski definition) is 2. The molecule has 0 spiro atoms. The molecular formula is C23H25FN2O5. The van der Waals surface area contributed by atoms with Crippen LogP contribution >= 0.6 is 0 Å². The Kier molecular flexibility index (Phi) is 7.33. The molecule has 0 bridgehead atoms. The maximum atomic E-state index is 13.1. The molecule has 0 radical (unpaired) electrons. The number of carboxylic acid groups (broad SMARTS) is 1. The van der Waals surface area contributed by atoms with Gasteiger partial charge in [-0.3, -0.25) is 19.2 Å². The summed E-state index contributed by atoms with van der Waals surface area (Å²) in [7, 11) is 0. The van der Waals surface area contributed by atoms with Crippen LogP contribution in [0.1, 0.15) is 31.2 Å². The van der Waals surface area contributed by atoms with Crippen molar-refractivity contribution in [2.45, 2.75) is 44.2 Å². The van der Waals surface area contributed by atoms with Crippen molar-refractivity contribution in [3.63, 3.8) is 0 Å². The van der Waals surface area contributed by atoms with Crippen LogP contribution in [0.25, 0.3) is 10.8 Å². The van der Waals surface area contributed by atoms with Crippen LogP contribution in [-0.2, 0) is 25.6 Å². The minimum absolute atomic E-state index is 0.118. The summed E-state index contributed by atoms with van der Waals surface area (Å²) in [6, 6.07) is 11.2. The lowest BCUT2D eigenvalue weighted by Crippen LogP contribution is -2.55. The summed E-state index contributed by atoms with van der Waals surface area (Å²) < 4.78 is 12.8. The van der Waals surface area contributed by atoms with Gasteiger partial charge in [-0.1, -0.05) is 42.5 Å². The summed E-state index contributed by atoms with van der Waals surface area (Å²) in [6.45, 7) is -0.977. The van der Waals surface area contributed by atoms with Crippen LogP contribution in [-0.4, -0.2) is 58.9 Å². The third-order valence-electron chi connectivity index (χ3n) is 5.56. The third-order valence-corrected chi connectivity index (χ3v) is 5.56. The van der Waals surface area contributed by atoms with Crippen molar-refractivity contribution < 1.29 is 28.7 Å². The van der Waals surface area contributed by atoms with Crippen LogP contribution in [0.2, 0.25) is 0 Å². The third kappa shape index (κ3) is 5.45. The fourth-order valence-electron chi connectivity index (χ4n) is 3.99. The number of aliphatic carboxylic acids is 1. The van der Waals surface area contributed by atoms with Crippen molar-refractivity contribution in [1.29, 1.82) is 0 Å². The van der Waals surface area contributed by atoms with E-state index >= 15 is 0 Å². The van der Waals surface area contributed by atoms with Crippen LogP contribution < -0.4 is 5.32 Å². The largest absolute Gasteiger partial charge is 0.481 e. The fraction of sp³-hybridized carbons (Fsp3) is 0.391. The number of Topliss-reactive ketones (excluding diaryl/α,β-unsaturated/α-hetero) is 1. The first kappa shape index (κ1) is 22.4. The van der Waals surface area contributed by atoms with E-state index in [1.165, 1.54) is 4.90 Å². The van der Waals surface area contributed by atoms with Gasteiger partial charge in [0.25, 0.3) is 0 Å². The topological polar surface area (TPSA) is 104 Å². The number of carboxylic acids is 1. The van der Waals surface area contributed by atoms with Crippen molar-refractivity contribution in [2.75, 3.05) is 13.2 Å². The SMILES string of the molecule is O=C(O)CC(NC(=O)[C@@H]1CCCCN1C(=O)Cc1cccc2ccccc12)C(=O)CF. The molecular weight excluding hydrogens is 403 g/mol. The number of carbonyl (C=O) groups is 4. The van der Waals surface area contributed by atoms with Gasteiger partial charge >= 0.3 is 5.97 Å². The minimum atomic E-state index is -1.45. The highest BCUT2D eigenvalue weighted by Crippen LogP contribution is 2.23. The molecule has 1 fully saturated rings. The highest BCUT2D eigenvalue weighted by Gasteiger charge is 2.34. The molecule has 1 unspecified atom stereocenters. The van der Waals surface area contributed by atoms with E-state index in [1.807, 2.05) is 42.5 Å². The summed E-state index contributed by atoms with van der Waals surface area (Å²) in [5.74, 6) is -3.17. The standard InChI is InChI=1S/C23H25FN2O5/c24-14-20(27)18(13-22(29)30)25-23(31)19-10-3-4-11-26(19)21(28)12-16-8-5-7-15-6-1-2-9-17(15)16/h1-2,5-9,18-19H,3-4,10-14H2,(H,25,31)(H,29,30)/t18?,19-/m0/s1. The molecule has 0 aromatic heterocycles. The molecule has 2 amide bonds. The molecule has 1 aliphatic heterocycles. The second-order valence-corrected chi connectivity index (χ2v) is 7.67. The number of hydrogen-bond acceptors (Lipinski definition) is 4. The number of nitrogens with one attached hydrogen (secondary N) is 1. The highest BCUT2D eigenvalue weighted by atomic mass is 19.1. The predicted molar refractivity (Wildman–Crippen MR) is 112 cm³/mol. The molecule has 1 saturated heterocycles. The monoisotopic (exact) mass is 428 g/mol. The maximum Gasteiger partial charge on any atom is 0.305 e. The average molecular weight is 428 g/mol. The van der Waals surface area contributed by atoms with Crippen LogP contribution in [0.5, 0.6) is 0 Å². The van der Waals surface area contributed by atoms with Gasteiger partial charge in [0.15, 0.2) is 5.78 Å². The molecule has 31 heavy (non-hydrogen) atoms. The number of nitrogens with zero attached hydrogens (tertiary/aromatic N) is 1. The zero-order valence-corrected chi connectivity index (χ0v) is 17.1. The molecule has 7 nitrogen and oxygen atoms in total. The van der Waals surface area contributed by atoms with Gasteiger partial charge in [0.2, 0.25) is 11.8 Å². The van der Waals surface area contributed by atoms with Crippen molar-refractivity contribution in [1.82, 2.24) is 10.2 Å². The number of alkyl halides is 1. The fourth-order valence-corrected chi connectivity index (χ4v) is 3.99. The van der Waals surface area contributed by atoms with Crippen LogP contribution in [0.15, 0.2) is 42.5 Å². The number of rotatable bonds is 8. The van der Waals surface area contributed by atoms with Crippen molar-refractivity contribution in [2.24, 2.45) is 0 Å².